The number of ether oxygens (including phenoxy) is 2. The molecule has 0 atom stereocenters. The molecule has 0 bridgehead atoms. The van der Waals surface area contributed by atoms with Crippen LogP contribution in [0.3, 0.4) is 0 Å². The van der Waals surface area contributed by atoms with E-state index >= 15 is 0 Å². The number of aromatic nitrogens is 2. The quantitative estimate of drug-likeness (QED) is 0.790. The second-order valence-electron chi connectivity index (χ2n) is 5.30. The summed E-state index contributed by atoms with van der Waals surface area (Å²) in [6.07, 6.45) is 4.73. The molecule has 3 aromatic rings. The molecule has 0 saturated carbocycles. The summed E-state index contributed by atoms with van der Waals surface area (Å²) in [4.78, 5) is 4.62. The van der Waals surface area contributed by atoms with Gasteiger partial charge in [0.2, 0.25) is 0 Å². The maximum Gasteiger partial charge on any atom is 0.161 e. The summed E-state index contributed by atoms with van der Waals surface area (Å²) < 4.78 is 13.3. The van der Waals surface area contributed by atoms with Crippen molar-refractivity contribution in [2.45, 2.75) is 13.0 Å². The molecule has 4 rings (SSSR count). The minimum Gasteiger partial charge on any atom is -0.490 e. The molecule has 0 amide bonds. The standard InChI is InChI=1S/C17H16N2O3/c20-11-12-2-5-17-18-14(10-19(17)9-12)13-3-4-15-16(8-13)22-7-1-6-21-15/h2-5,8-10,20H,1,6-7,11H2. The first kappa shape index (κ1) is 13.2. The second-order valence-corrected chi connectivity index (χ2v) is 5.30. The molecular weight excluding hydrogens is 280 g/mol. The van der Waals surface area contributed by atoms with Crippen molar-refractivity contribution in [1.29, 1.82) is 0 Å². The Morgan fingerprint density at radius 2 is 1.91 bits per heavy atom. The van der Waals surface area contributed by atoms with Crippen molar-refractivity contribution in [1.82, 2.24) is 9.38 Å². The largest absolute Gasteiger partial charge is 0.490 e. The summed E-state index contributed by atoms with van der Waals surface area (Å²) in [7, 11) is 0. The molecule has 1 aromatic carbocycles. The lowest BCUT2D eigenvalue weighted by Crippen LogP contribution is -1.97. The van der Waals surface area contributed by atoms with Crippen LogP contribution in [0.15, 0.2) is 42.7 Å². The van der Waals surface area contributed by atoms with Crippen LogP contribution in [-0.4, -0.2) is 27.7 Å². The number of nitrogens with zero attached hydrogens (tertiary/aromatic N) is 2. The molecule has 0 radical (unpaired) electrons. The lowest BCUT2D eigenvalue weighted by atomic mass is 10.1. The topological polar surface area (TPSA) is 56.0 Å². The van der Waals surface area contributed by atoms with E-state index in [2.05, 4.69) is 4.98 Å². The Labute approximate surface area is 127 Å². The Balaban J connectivity index is 1.76. The van der Waals surface area contributed by atoms with Gasteiger partial charge >= 0.3 is 0 Å². The van der Waals surface area contributed by atoms with Gasteiger partial charge in [-0.25, -0.2) is 4.98 Å². The number of aliphatic hydroxyl groups excluding tert-OH is 1. The van der Waals surface area contributed by atoms with Crippen LogP contribution >= 0.6 is 0 Å². The van der Waals surface area contributed by atoms with Gasteiger partial charge in [-0.2, -0.15) is 0 Å². The Bertz CT molecular complexity index is 826. The van der Waals surface area contributed by atoms with Gasteiger partial charge in [0.25, 0.3) is 0 Å². The van der Waals surface area contributed by atoms with E-state index in [1.807, 2.05) is 47.1 Å². The van der Waals surface area contributed by atoms with Crippen molar-refractivity contribution in [3.63, 3.8) is 0 Å². The molecule has 0 saturated heterocycles. The van der Waals surface area contributed by atoms with Crippen LogP contribution in [0.1, 0.15) is 12.0 Å². The predicted octanol–water partition coefficient (Wildman–Crippen LogP) is 2.65. The summed E-state index contributed by atoms with van der Waals surface area (Å²) in [5, 5.41) is 9.22. The summed E-state index contributed by atoms with van der Waals surface area (Å²) in [6, 6.07) is 9.66. The highest BCUT2D eigenvalue weighted by atomic mass is 16.5. The minimum absolute atomic E-state index is 0.0213. The number of imidazole rings is 1. The van der Waals surface area contributed by atoms with Crippen molar-refractivity contribution in [2.24, 2.45) is 0 Å². The third kappa shape index (κ3) is 2.29. The van der Waals surface area contributed by atoms with Crippen LogP contribution in [0.5, 0.6) is 11.5 Å². The number of rotatable bonds is 2. The zero-order chi connectivity index (χ0) is 14.9. The van der Waals surface area contributed by atoms with Gasteiger partial charge in [-0.15, -0.1) is 0 Å². The molecule has 5 nitrogen and oxygen atoms in total. The van der Waals surface area contributed by atoms with Gasteiger partial charge in [0, 0.05) is 24.4 Å². The monoisotopic (exact) mass is 296 g/mol. The SMILES string of the molecule is OCc1ccc2nc(-c3ccc4c(c3)OCCCO4)cn2c1. The zero-order valence-electron chi connectivity index (χ0n) is 12.0. The first-order valence-electron chi connectivity index (χ1n) is 7.32. The van der Waals surface area contributed by atoms with Gasteiger partial charge in [-0.3, -0.25) is 0 Å². The van der Waals surface area contributed by atoms with E-state index in [9.17, 15) is 5.11 Å². The van der Waals surface area contributed by atoms with Crippen LogP contribution in [0.25, 0.3) is 16.9 Å². The van der Waals surface area contributed by atoms with E-state index in [1.54, 1.807) is 0 Å². The molecule has 112 valence electrons. The summed E-state index contributed by atoms with van der Waals surface area (Å²) >= 11 is 0. The molecule has 0 fully saturated rings. The Morgan fingerprint density at radius 1 is 1.05 bits per heavy atom. The molecule has 0 unspecified atom stereocenters. The lowest BCUT2D eigenvalue weighted by Gasteiger charge is -2.07. The summed E-state index contributed by atoms with van der Waals surface area (Å²) in [5.41, 5.74) is 3.55. The lowest BCUT2D eigenvalue weighted by molar-refractivity contribution is 0.281. The second kappa shape index (κ2) is 5.35. The van der Waals surface area contributed by atoms with Crippen molar-refractivity contribution >= 4 is 5.65 Å². The van der Waals surface area contributed by atoms with Crippen molar-refractivity contribution in [3.8, 4) is 22.8 Å². The summed E-state index contributed by atoms with van der Waals surface area (Å²) in [5.74, 6) is 1.55. The van der Waals surface area contributed by atoms with E-state index in [-0.39, 0.29) is 6.61 Å². The molecule has 1 aliphatic heterocycles. The van der Waals surface area contributed by atoms with Crippen LogP contribution in [0.2, 0.25) is 0 Å². The zero-order valence-corrected chi connectivity index (χ0v) is 12.0. The fraction of sp³-hybridized carbons (Fsp3) is 0.235. The third-order valence-electron chi connectivity index (χ3n) is 3.74. The van der Waals surface area contributed by atoms with Crippen molar-refractivity contribution in [3.05, 3.63) is 48.3 Å². The average molecular weight is 296 g/mol. The van der Waals surface area contributed by atoms with E-state index < -0.39 is 0 Å². The normalized spacial score (nSPS) is 14.0. The van der Waals surface area contributed by atoms with Crippen LogP contribution < -0.4 is 9.47 Å². The van der Waals surface area contributed by atoms with Gasteiger partial charge in [-0.1, -0.05) is 6.07 Å². The molecule has 0 spiro atoms. The Morgan fingerprint density at radius 3 is 2.77 bits per heavy atom. The van der Waals surface area contributed by atoms with Gasteiger partial charge in [-0.05, 0) is 29.8 Å². The molecule has 22 heavy (non-hydrogen) atoms. The minimum atomic E-state index is 0.0213. The first-order valence-corrected chi connectivity index (χ1v) is 7.32. The number of pyridine rings is 1. The maximum atomic E-state index is 9.22. The van der Waals surface area contributed by atoms with Crippen LogP contribution in [0.4, 0.5) is 0 Å². The number of benzene rings is 1. The Kier molecular flexibility index (Phi) is 3.20. The molecule has 0 aliphatic carbocycles. The Hall–Kier alpha value is -2.53. The van der Waals surface area contributed by atoms with Gasteiger partial charge in [0.1, 0.15) is 5.65 Å². The summed E-state index contributed by atoms with van der Waals surface area (Å²) in [6.45, 7) is 1.37. The first-order chi connectivity index (χ1) is 10.8. The van der Waals surface area contributed by atoms with Crippen LogP contribution in [-0.2, 0) is 6.61 Å². The molecule has 2 aromatic heterocycles. The molecule has 1 N–H and O–H groups in total. The van der Waals surface area contributed by atoms with Gasteiger partial charge in [0.15, 0.2) is 11.5 Å². The fourth-order valence-electron chi connectivity index (χ4n) is 2.59. The van der Waals surface area contributed by atoms with E-state index in [0.29, 0.717) is 13.2 Å². The molecular formula is C17H16N2O3. The van der Waals surface area contributed by atoms with E-state index in [4.69, 9.17) is 9.47 Å². The third-order valence-corrected chi connectivity index (χ3v) is 3.74. The van der Waals surface area contributed by atoms with E-state index in [1.165, 1.54) is 0 Å². The van der Waals surface area contributed by atoms with Crippen molar-refractivity contribution in [2.75, 3.05) is 13.2 Å². The van der Waals surface area contributed by atoms with Gasteiger partial charge in [0.05, 0.1) is 25.5 Å². The van der Waals surface area contributed by atoms with Crippen molar-refractivity contribution < 1.29 is 14.6 Å². The number of fused-ring (bicyclic) bond motifs is 2. The predicted molar refractivity (Wildman–Crippen MR) is 82.2 cm³/mol. The highest BCUT2D eigenvalue weighted by Gasteiger charge is 2.13. The van der Waals surface area contributed by atoms with E-state index in [0.717, 1.165) is 40.4 Å². The van der Waals surface area contributed by atoms with Gasteiger partial charge < -0.3 is 19.0 Å². The molecule has 1 aliphatic rings. The van der Waals surface area contributed by atoms with Crippen LogP contribution in [0, 0.1) is 0 Å². The molecule has 5 heteroatoms. The average Bonchev–Trinajstić information content (AvgIpc) is 2.84. The highest BCUT2D eigenvalue weighted by molar-refractivity contribution is 5.66. The maximum absolute atomic E-state index is 9.22. The molecule has 3 heterocycles. The fourth-order valence-corrected chi connectivity index (χ4v) is 2.59. The number of hydrogen-bond donors (Lipinski definition) is 1. The number of aliphatic hydroxyl groups is 1. The highest BCUT2D eigenvalue weighted by Crippen LogP contribution is 2.34. The smallest absolute Gasteiger partial charge is 0.161 e. The number of hydrogen-bond acceptors (Lipinski definition) is 4.